The molecule has 2 heterocycles. The molecule has 4 rings (SSSR count). The Balaban J connectivity index is 1.86. The highest BCUT2D eigenvalue weighted by atomic mass is 35.5. The van der Waals surface area contributed by atoms with E-state index in [9.17, 15) is 35.5 Å². The van der Waals surface area contributed by atoms with Crippen molar-refractivity contribution in [3.8, 4) is 5.75 Å². The van der Waals surface area contributed by atoms with Gasteiger partial charge >= 0.3 is 11.9 Å². The average molecular weight is 761 g/mol. The van der Waals surface area contributed by atoms with Crippen molar-refractivity contribution in [2.75, 3.05) is 41.5 Å². The lowest BCUT2D eigenvalue weighted by Crippen LogP contribution is -2.37. The van der Waals surface area contributed by atoms with E-state index in [1.807, 2.05) is 32.8 Å². The second kappa shape index (κ2) is 15.5. The van der Waals surface area contributed by atoms with Gasteiger partial charge in [0.25, 0.3) is 26.1 Å². The molecular formula is C31H37Cl2N4O10S2+. The zero-order valence-corrected chi connectivity index (χ0v) is 30.4. The number of nitrogens with zero attached hydrogens (tertiary/aromatic N) is 4. The largest absolute Gasteiger partial charge is 0.465 e. The molecule has 0 bridgehead atoms. The van der Waals surface area contributed by atoms with Crippen LogP contribution in [0.2, 0.25) is 10.0 Å². The van der Waals surface area contributed by atoms with Crippen LogP contribution in [-0.4, -0.2) is 74.2 Å². The number of hydrogen-bond acceptors (Lipinski definition) is 10. The molecule has 2 N–H and O–H groups in total. The summed E-state index contributed by atoms with van der Waals surface area (Å²) in [6.07, 6.45) is 5.49. The van der Waals surface area contributed by atoms with Crippen LogP contribution in [0.3, 0.4) is 0 Å². The highest BCUT2D eigenvalue weighted by Gasteiger charge is 2.33. The number of ether oxygens (including phenoxy) is 2. The van der Waals surface area contributed by atoms with E-state index in [0.717, 1.165) is 0 Å². The quantitative estimate of drug-likeness (QED) is 0.100. The number of carbonyl (C=O) groups excluding carboxylic acids is 2. The molecular weight excluding hydrogens is 723 g/mol. The molecule has 0 spiro atoms. The molecule has 18 heteroatoms. The predicted octanol–water partition coefficient (Wildman–Crippen LogP) is 4.72. The first-order valence-corrected chi connectivity index (χ1v) is 19.2. The summed E-state index contributed by atoms with van der Waals surface area (Å²) in [4.78, 5) is 28.0. The first kappa shape index (κ1) is 38.1. The second-order valence-electron chi connectivity index (χ2n) is 11.0. The SMILES string of the molecule is CCN1C(=CC=Cc2n(CC)c3cc(Cl)c(OC(C)=O)cc3[n+]2CCCS(=O)(=O)O)N(CCCS(=O)(=O)O)c2cc(C(=O)OC)c(Cl)cc21. The fourth-order valence-electron chi connectivity index (χ4n) is 5.76. The Hall–Kier alpha value is -3.67. The van der Waals surface area contributed by atoms with Gasteiger partial charge in [0.1, 0.15) is 5.82 Å². The van der Waals surface area contributed by atoms with E-state index in [1.54, 1.807) is 42.5 Å². The van der Waals surface area contributed by atoms with Crippen molar-refractivity contribution in [1.82, 2.24) is 4.57 Å². The highest BCUT2D eigenvalue weighted by molar-refractivity contribution is 7.86. The van der Waals surface area contributed by atoms with E-state index in [2.05, 4.69) is 0 Å². The number of fused-ring (bicyclic) bond motifs is 2. The zero-order valence-electron chi connectivity index (χ0n) is 27.2. The van der Waals surface area contributed by atoms with Gasteiger partial charge in [0, 0.05) is 44.6 Å². The Morgan fingerprint density at radius 1 is 0.918 bits per heavy atom. The average Bonchev–Trinajstić information content (AvgIpc) is 3.44. The Labute approximate surface area is 294 Å². The minimum atomic E-state index is -4.24. The molecule has 0 aliphatic carbocycles. The van der Waals surface area contributed by atoms with E-state index in [4.69, 9.17) is 32.7 Å². The number of rotatable bonds is 14. The van der Waals surface area contributed by atoms with E-state index < -0.39 is 43.7 Å². The number of halogens is 2. The number of allylic oxidation sites excluding steroid dienone is 2. The van der Waals surface area contributed by atoms with Crippen molar-refractivity contribution < 1.29 is 49.6 Å². The van der Waals surface area contributed by atoms with Crippen molar-refractivity contribution in [3.63, 3.8) is 0 Å². The van der Waals surface area contributed by atoms with Crippen molar-refractivity contribution in [1.29, 1.82) is 0 Å². The number of hydrogen-bond donors (Lipinski definition) is 2. The maximum absolute atomic E-state index is 12.5. The van der Waals surface area contributed by atoms with E-state index in [1.165, 1.54) is 14.0 Å². The van der Waals surface area contributed by atoms with Crippen molar-refractivity contribution >= 4 is 83.9 Å². The Morgan fingerprint density at radius 2 is 1.57 bits per heavy atom. The van der Waals surface area contributed by atoms with Crippen LogP contribution in [0, 0.1) is 0 Å². The lowest BCUT2D eigenvalue weighted by Gasteiger charge is -2.24. The fourth-order valence-corrected chi connectivity index (χ4v) is 7.18. The Kier molecular flexibility index (Phi) is 12.0. The lowest BCUT2D eigenvalue weighted by molar-refractivity contribution is -0.673. The third kappa shape index (κ3) is 8.93. The fraction of sp³-hybridized carbons (Fsp3) is 0.387. The molecule has 0 fully saturated rings. The van der Waals surface area contributed by atoms with Crippen LogP contribution < -0.4 is 19.1 Å². The van der Waals surface area contributed by atoms with Crippen LogP contribution in [0.25, 0.3) is 17.1 Å². The molecule has 266 valence electrons. The predicted molar refractivity (Wildman–Crippen MR) is 186 cm³/mol. The number of benzene rings is 2. The van der Waals surface area contributed by atoms with Crippen LogP contribution >= 0.6 is 23.2 Å². The molecule has 2 aromatic carbocycles. The summed E-state index contributed by atoms with van der Waals surface area (Å²) in [6.45, 7) is 6.35. The molecule has 14 nitrogen and oxygen atoms in total. The van der Waals surface area contributed by atoms with E-state index in [0.29, 0.717) is 47.1 Å². The topological polar surface area (TPSA) is 177 Å². The van der Waals surface area contributed by atoms with Gasteiger partial charge in [-0.3, -0.25) is 13.9 Å². The summed E-state index contributed by atoms with van der Waals surface area (Å²) in [5.74, 6) is -0.788. The summed E-state index contributed by atoms with van der Waals surface area (Å²) in [5, 5.41) is 0.370. The molecule has 1 aliphatic heterocycles. The van der Waals surface area contributed by atoms with Gasteiger partial charge in [-0.2, -0.15) is 16.8 Å². The molecule has 0 saturated heterocycles. The maximum atomic E-state index is 12.5. The third-order valence-electron chi connectivity index (χ3n) is 7.71. The first-order chi connectivity index (χ1) is 23.0. The number of aromatic nitrogens is 2. The van der Waals surface area contributed by atoms with Crippen LogP contribution in [0.1, 0.15) is 49.8 Å². The minimum Gasteiger partial charge on any atom is -0.465 e. The molecule has 0 amide bonds. The van der Waals surface area contributed by atoms with Crippen LogP contribution in [0.15, 0.2) is 42.2 Å². The number of carbonyl (C=O) groups is 2. The van der Waals surface area contributed by atoms with Gasteiger partial charge < -0.3 is 19.3 Å². The normalized spacial score (nSPS) is 14.3. The summed E-state index contributed by atoms with van der Waals surface area (Å²) in [5.41, 5.74) is 2.66. The number of anilines is 2. The minimum absolute atomic E-state index is 0.0658. The van der Waals surface area contributed by atoms with E-state index >= 15 is 0 Å². The summed E-state index contributed by atoms with van der Waals surface area (Å²) in [6, 6.07) is 6.46. The van der Waals surface area contributed by atoms with Gasteiger partial charge in [0.05, 0.1) is 58.7 Å². The maximum Gasteiger partial charge on any atom is 0.339 e. The van der Waals surface area contributed by atoms with Gasteiger partial charge in [-0.05, 0) is 38.5 Å². The van der Waals surface area contributed by atoms with Crippen LogP contribution in [0.5, 0.6) is 5.75 Å². The number of imidazole rings is 1. The summed E-state index contributed by atoms with van der Waals surface area (Å²) in [7, 11) is -7.23. The molecule has 0 atom stereocenters. The molecule has 0 unspecified atom stereocenters. The van der Waals surface area contributed by atoms with Crippen molar-refractivity contribution in [3.05, 3.63) is 63.7 Å². The number of methoxy groups -OCH3 is 1. The van der Waals surface area contributed by atoms with Crippen LogP contribution in [0.4, 0.5) is 11.4 Å². The second-order valence-corrected chi connectivity index (χ2v) is 14.9. The Bertz CT molecular complexity index is 2060. The van der Waals surface area contributed by atoms with Gasteiger partial charge in [-0.1, -0.05) is 29.3 Å². The third-order valence-corrected chi connectivity index (χ3v) is 9.93. The Morgan fingerprint density at radius 3 is 2.16 bits per heavy atom. The van der Waals surface area contributed by atoms with Gasteiger partial charge in [-0.25, -0.2) is 13.9 Å². The molecule has 0 radical (unpaired) electrons. The highest BCUT2D eigenvalue weighted by Crippen LogP contribution is 2.44. The molecule has 1 aliphatic rings. The number of esters is 2. The number of aryl methyl sites for hydroxylation is 2. The smallest absolute Gasteiger partial charge is 0.339 e. The van der Waals surface area contributed by atoms with Crippen molar-refractivity contribution in [2.24, 2.45) is 0 Å². The molecule has 49 heavy (non-hydrogen) atoms. The lowest BCUT2D eigenvalue weighted by atomic mass is 10.1. The van der Waals surface area contributed by atoms with Crippen molar-refractivity contribution in [2.45, 2.75) is 46.7 Å². The van der Waals surface area contributed by atoms with E-state index in [-0.39, 0.29) is 47.3 Å². The first-order valence-electron chi connectivity index (χ1n) is 15.2. The zero-order chi connectivity index (χ0) is 36.3. The summed E-state index contributed by atoms with van der Waals surface area (Å²) < 4.78 is 78.8. The monoisotopic (exact) mass is 759 g/mol. The van der Waals surface area contributed by atoms with Gasteiger partial charge in [0.2, 0.25) is 0 Å². The standard InChI is InChI=1S/C31H36Cl2N4O10S2/c1-5-34-25-17-22(32)21(31(39)46-4)16-24(25)36(12-8-14-48(40,41)42)29(34)10-7-11-30-35(6-2)26-18-23(33)28(47-20(3)38)19-27(26)37(30)13-9-15-49(43,44)45/h7,10-11,16-19H,5-6,8-9,12-15H2,1-4H3,(H-,40,41,42,43,44,45)/p+1. The molecule has 0 saturated carbocycles. The summed E-state index contributed by atoms with van der Waals surface area (Å²) >= 11 is 12.9. The van der Waals surface area contributed by atoms with Gasteiger partial charge in [-0.15, -0.1) is 0 Å². The van der Waals surface area contributed by atoms with Gasteiger partial charge in [0.15, 0.2) is 16.8 Å². The molecule has 1 aromatic heterocycles. The van der Waals surface area contributed by atoms with Crippen LogP contribution in [-0.2, 0) is 42.9 Å². The molecule has 3 aromatic rings.